The van der Waals surface area contributed by atoms with Crippen molar-refractivity contribution in [1.29, 1.82) is 5.41 Å². The van der Waals surface area contributed by atoms with Gasteiger partial charge in [0.05, 0.1) is 5.56 Å². The lowest BCUT2D eigenvalue weighted by Gasteiger charge is -2.36. The van der Waals surface area contributed by atoms with Crippen molar-refractivity contribution in [3.63, 3.8) is 0 Å². The van der Waals surface area contributed by atoms with Crippen LogP contribution in [0.25, 0.3) is 0 Å². The van der Waals surface area contributed by atoms with E-state index in [9.17, 15) is 22.8 Å². The number of piperidine rings is 1. The van der Waals surface area contributed by atoms with E-state index in [0.29, 0.717) is 63.0 Å². The highest BCUT2D eigenvalue weighted by atomic mass is 19.4. The van der Waals surface area contributed by atoms with Gasteiger partial charge in [0.25, 0.3) is 0 Å². The number of fused-ring (bicyclic) bond motifs is 1. The van der Waals surface area contributed by atoms with Crippen LogP contribution in [0, 0.1) is 11.3 Å². The van der Waals surface area contributed by atoms with E-state index in [1.54, 1.807) is 17.0 Å². The van der Waals surface area contributed by atoms with Crippen molar-refractivity contribution in [2.75, 3.05) is 31.1 Å². The number of benzene rings is 2. The van der Waals surface area contributed by atoms with Crippen LogP contribution >= 0.6 is 0 Å². The summed E-state index contributed by atoms with van der Waals surface area (Å²) in [6.45, 7) is 1.93. The first-order valence-corrected chi connectivity index (χ1v) is 13.5. The molecule has 1 fully saturated rings. The van der Waals surface area contributed by atoms with E-state index < -0.39 is 17.8 Å². The highest BCUT2D eigenvalue weighted by molar-refractivity contribution is 5.97. The third-order valence-corrected chi connectivity index (χ3v) is 7.52. The van der Waals surface area contributed by atoms with Gasteiger partial charge in [-0.05, 0) is 48.6 Å². The molecule has 2 aliphatic heterocycles. The summed E-state index contributed by atoms with van der Waals surface area (Å²) in [5.41, 5.74) is 18.3. The third kappa shape index (κ3) is 7.27. The summed E-state index contributed by atoms with van der Waals surface area (Å²) >= 11 is 0. The predicted octanol–water partition coefficient (Wildman–Crippen LogP) is 1.94. The number of nitrogen functional groups attached to an aromatic ring is 1. The van der Waals surface area contributed by atoms with Gasteiger partial charge >= 0.3 is 6.18 Å². The van der Waals surface area contributed by atoms with Crippen LogP contribution in [0.1, 0.15) is 41.5 Å². The smallest absolute Gasteiger partial charge is 0.384 e. The number of hydrogen-bond donors (Lipinski definition) is 5. The number of anilines is 1. The second kappa shape index (κ2) is 12.5. The van der Waals surface area contributed by atoms with Gasteiger partial charge in [-0.15, -0.1) is 0 Å². The molecule has 4 rings (SSSR count). The molecule has 0 aromatic heterocycles. The number of halogens is 3. The Morgan fingerprint density at radius 1 is 1.05 bits per heavy atom. The van der Waals surface area contributed by atoms with Gasteiger partial charge in [0.15, 0.2) is 5.96 Å². The maximum Gasteiger partial charge on any atom is 0.416 e. The number of nitrogens with zero attached hydrogens (tertiary/aromatic N) is 3. The highest BCUT2D eigenvalue weighted by Crippen LogP contribution is 2.36. The van der Waals surface area contributed by atoms with Crippen molar-refractivity contribution in [3.8, 4) is 0 Å². The lowest BCUT2D eigenvalue weighted by molar-refractivity contribution is -0.137. The van der Waals surface area contributed by atoms with Crippen LogP contribution < -0.4 is 27.4 Å². The van der Waals surface area contributed by atoms with Gasteiger partial charge in [-0.2, -0.15) is 13.2 Å². The highest BCUT2D eigenvalue weighted by Gasteiger charge is 2.39. The lowest BCUT2D eigenvalue weighted by Crippen LogP contribution is -2.51. The molecule has 41 heavy (non-hydrogen) atoms. The lowest BCUT2D eigenvalue weighted by atomic mass is 9.95. The molecule has 0 saturated carbocycles. The minimum absolute atomic E-state index is 0.0101. The normalized spacial score (nSPS) is 17.2. The van der Waals surface area contributed by atoms with Crippen LogP contribution in [0.15, 0.2) is 47.5 Å². The van der Waals surface area contributed by atoms with E-state index in [2.05, 4.69) is 10.3 Å². The average molecular weight is 573 g/mol. The van der Waals surface area contributed by atoms with Crippen LogP contribution in [0.2, 0.25) is 0 Å². The van der Waals surface area contributed by atoms with Crippen LogP contribution in [0.5, 0.6) is 0 Å². The number of nitrogens with one attached hydrogen (secondary N) is 2. The SMILES string of the molecule is N=C(N)c1ccc2c(c1)N(Cc1ccc(C(F)(F)F)cc1)C(C(=O)N1CCC(C(=O)NCCCN=C(N)N)CC1)C2. The van der Waals surface area contributed by atoms with Crippen LogP contribution in [0.3, 0.4) is 0 Å². The van der Waals surface area contributed by atoms with Crippen molar-refractivity contribution in [1.82, 2.24) is 10.2 Å². The van der Waals surface area contributed by atoms with E-state index in [4.69, 9.17) is 22.6 Å². The Bertz CT molecular complexity index is 1300. The molecular weight excluding hydrogens is 537 g/mol. The maximum atomic E-state index is 13.8. The molecule has 2 heterocycles. The second-order valence-corrected chi connectivity index (χ2v) is 10.4. The molecule has 1 unspecified atom stereocenters. The predicted molar refractivity (Wildman–Crippen MR) is 150 cm³/mol. The zero-order chi connectivity index (χ0) is 29.7. The minimum Gasteiger partial charge on any atom is -0.384 e. The number of amidine groups is 1. The molecule has 1 saturated heterocycles. The van der Waals surface area contributed by atoms with Crippen LogP contribution in [-0.2, 0) is 28.7 Å². The van der Waals surface area contributed by atoms with Crippen LogP contribution in [-0.4, -0.2) is 60.7 Å². The van der Waals surface area contributed by atoms with Crippen molar-refractivity contribution in [2.24, 2.45) is 28.1 Å². The number of carbonyl (C=O) groups is 2. The molecule has 0 radical (unpaired) electrons. The largest absolute Gasteiger partial charge is 0.416 e. The number of amides is 2. The maximum absolute atomic E-state index is 13.8. The number of aliphatic imine (C=N–C) groups is 1. The summed E-state index contributed by atoms with van der Waals surface area (Å²) in [5.74, 6) is -0.474. The summed E-state index contributed by atoms with van der Waals surface area (Å²) in [6.07, 6.45) is -2.35. The molecule has 1 atom stereocenters. The van der Waals surface area contributed by atoms with Crippen LogP contribution in [0.4, 0.5) is 18.9 Å². The number of nitrogens with two attached hydrogens (primary N) is 3. The minimum atomic E-state index is -4.44. The summed E-state index contributed by atoms with van der Waals surface area (Å²) in [4.78, 5) is 33.9. The number of alkyl halides is 3. The number of hydrogen-bond acceptors (Lipinski definition) is 5. The van der Waals surface area contributed by atoms with Gasteiger partial charge < -0.3 is 32.3 Å². The molecule has 2 amide bonds. The number of likely N-dealkylation sites (tertiary alicyclic amines) is 1. The van der Waals surface area contributed by atoms with Crippen molar-refractivity contribution >= 4 is 29.3 Å². The van der Waals surface area contributed by atoms with E-state index >= 15 is 0 Å². The molecule has 220 valence electrons. The molecule has 2 aromatic rings. The average Bonchev–Trinajstić information content (AvgIpc) is 3.29. The fourth-order valence-corrected chi connectivity index (χ4v) is 5.29. The summed E-state index contributed by atoms with van der Waals surface area (Å²) in [7, 11) is 0. The summed E-state index contributed by atoms with van der Waals surface area (Å²) in [5, 5.41) is 10.7. The topological polar surface area (TPSA) is 167 Å². The summed E-state index contributed by atoms with van der Waals surface area (Å²) < 4.78 is 39.2. The van der Waals surface area contributed by atoms with Crippen molar-refractivity contribution in [3.05, 3.63) is 64.7 Å². The Hall–Kier alpha value is -4.29. The Morgan fingerprint density at radius 2 is 1.73 bits per heavy atom. The van der Waals surface area contributed by atoms with E-state index in [1.807, 2.05) is 11.0 Å². The molecule has 0 aliphatic carbocycles. The zero-order valence-electron chi connectivity index (χ0n) is 22.6. The van der Waals surface area contributed by atoms with E-state index in [1.165, 1.54) is 12.1 Å². The Balaban J connectivity index is 1.43. The van der Waals surface area contributed by atoms with Gasteiger partial charge in [0.1, 0.15) is 11.9 Å². The van der Waals surface area contributed by atoms with E-state index in [0.717, 1.165) is 23.4 Å². The van der Waals surface area contributed by atoms with Gasteiger partial charge in [-0.1, -0.05) is 24.3 Å². The van der Waals surface area contributed by atoms with Crippen molar-refractivity contribution in [2.45, 2.75) is 44.4 Å². The van der Waals surface area contributed by atoms with Gasteiger partial charge in [-0.3, -0.25) is 20.0 Å². The fraction of sp³-hybridized carbons (Fsp3) is 0.429. The molecule has 8 N–H and O–H groups in total. The molecule has 13 heteroatoms. The quantitative estimate of drug-likeness (QED) is 0.175. The Labute approximate surface area is 236 Å². The molecule has 10 nitrogen and oxygen atoms in total. The number of guanidine groups is 1. The first kappa shape index (κ1) is 29.7. The first-order valence-electron chi connectivity index (χ1n) is 13.5. The first-order chi connectivity index (χ1) is 19.4. The second-order valence-electron chi connectivity index (χ2n) is 10.4. The van der Waals surface area contributed by atoms with Gasteiger partial charge in [-0.25, -0.2) is 0 Å². The Kier molecular flexibility index (Phi) is 9.04. The molecule has 0 bridgehead atoms. The van der Waals surface area contributed by atoms with Gasteiger partial charge in [0, 0.05) is 56.3 Å². The third-order valence-electron chi connectivity index (χ3n) is 7.52. The zero-order valence-corrected chi connectivity index (χ0v) is 22.6. The van der Waals surface area contributed by atoms with Gasteiger partial charge in [0.2, 0.25) is 11.8 Å². The molecule has 2 aliphatic rings. The molecule has 2 aromatic carbocycles. The number of rotatable bonds is 9. The van der Waals surface area contributed by atoms with Crippen molar-refractivity contribution < 1.29 is 22.8 Å². The fourth-order valence-electron chi connectivity index (χ4n) is 5.29. The number of carbonyl (C=O) groups excluding carboxylic acids is 2. The summed E-state index contributed by atoms with van der Waals surface area (Å²) in [6, 6.07) is 9.64. The standard InChI is InChI=1S/C28H35F3N8O2/c29-28(30,31)21-6-2-17(3-7-21)16-39-22-15-20(24(32)33)5-4-19(22)14-23(39)26(41)38-12-8-18(9-13-38)25(40)36-10-1-11-37-27(34)35/h2-7,15,18,23H,1,8-14,16H2,(H3,32,33)(H,36,40)(H4,34,35,37). The van der Waals surface area contributed by atoms with E-state index in [-0.39, 0.29) is 36.1 Å². The molecule has 0 spiro atoms. The molecular formula is C28H35F3N8O2. The Morgan fingerprint density at radius 3 is 2.34 bits per heavy atom. The monoisotopic (exact) mass is 572 g/mol.